The summed E-state index contributed by atoms with van der Waals surface area (Å²) in [6.07, 6.45) is 1.40. The van der Waals surface area contributed by atoms with E-state index in [0.29, 0.717) is 22.9 Å². The number of hydrogen-bond donors (Lipinski definition) is 3. The van der Waals surface area contributed by atoms with Gasteiger partial charge in [-0.25, -0.2) is 0 Å². The lowest BCUT2D eigenvalue weighted by Gasteiger charge is -2.15. The van der Waals surface area contributed by atoms with Gasteiger partial charge in [0.25, 0.3) is 5.91 Å². The maximum Gasteiger partial charge on any atom is 0.267 e. The summed E-state index contributed by atoms with van der Waals surface area (Å²) in [5.74, 6) is 0.730. The summed E-state index contributed by atoms with van der Waals surface area (Å²) in [5.41, 5.74) is 7.64. The summed E-state index contributed by atoms with van der Waals surface area (Å²) < 4.78 is 10.5. The monoisotopic (exact) mass is 366 g/mol. The van der Waals surface area contributed by atoms with Gasteiger partial charge in [0.05, 0.1) is 14.2 Å². The van der Waals surface area contributed by atoms with Gasteiger partial charge in [-0.05, 0) is 48.9 Å². The number of nitrogens with one attached hydrogen (secondary N) is 2. The molecule has 2 aromatic carbocycles. The van der Waals surface area contributed by atoms with Crippen LogP contribution in [0.5, 0.6) is 11.5 Å². The Bertz CT molecular complexity index is 870. The van der Waals surface area contributed by atoms with E-state index < -0.39 is 5.91 Å². The summed E-state index contributed by atoms with van der Waals surface area (Å²) in [4.78, 5) is 12.3. The second-order valence-electron chi connectivity index (χ2n) is 5.75. The van der Waals surface area contributed by atoms with Crippen LogP contribution >= 0.6 is 0 Å². The van der Waals surface area contributed by atoms with E-state index in [0.717, 1.165) is 5.56 Å². The van der Waals surface area contributed by atoms with Gasteiger partial charge in [0, 0.05) is 23.6 Å². The highest BCUT2D eigenvalue weighted by Gasteiger charge is 2.12. The number of carbonyl (C=O) groups excluding carboxylic acids is 1. The largest absolute Gasteiger partial charge is 0.493 e. The molecule has 1 atom stereocenters. The lowest BCUT2D eigenvalue weighted by molar-refractivity contribution is -0.112. The topological polar surface area (TPSA) is 109 Å². The molecule has 1 unspecified atom stereocenters. The zero-order chi connectivity index (χ0) is 19.8. The number of nitrogen functional groups attached to an aromatic ring is 1. The summed E-state index contributed by atoms with van der Waals surface area (Å²) in [7, 11) is 3.13. The molecule has 7 heteroatoms. The van der Waals surface area contributed by atoms with Crippen molar-refractivity contribution in [2.45, 2.75) is 13.0 Å². The molecule has 0 spiro atoms. The Balaban J connectivity index is 2.08. The predicted octanol–water partition coefficient (Wildman–Crippen LogP) is 2.98. The molecule has 0 heterocycles. The highest BCUT2D eigenvalue weighted by atomic mass is 16.5. The third-order valence-electron chi connectivity index (χ3n) is 3.92. The number of carbonyl (C=O) groups is 1. The highest BCUT2D eigenvalue weighted by molar-refractivity contribution is 6.06. The van der Waals surface area contributed by atoms with Crippen LogP contribution in [0.3, 0.4) is 0 Å². The van der Waals surface area contributed by atoms with Gasteiger partial charge >= 0.3 is 0 Å². The lowest BCUT2D eigenvalue weighted by Crippen LogP contribution is -2.18. The molecule has 0 aliphatic heterocycles. The number of rotatable bonds is 7. The number of ether oxygens (including phenoxy) is 2. The molecule has 0 fully saturated rings. The fourth-order valence-electron chi connectivity index (χ4n) is 2.34. The number of amides is 1. The van der Waals surface area contributed by atoms with Crippen LogP contribution in [0.25, 0.3) is 0 Å². The fourth-order valence-corrected chi connectivity index (χ4v) is 2.34. The van der Waals surface area contributed by atoms with E-state index in [1.54, 1.807) is 44.6 Å². The van der Waals surface area contributed by atoms with E-state index in [9.17, 15) is 10.1 Å². The van der Waals surface area contributed by atoms with Crippen molar-refractivity contribution in [3.8, 4) is 17.6 Å². The van der Waals surface area contributed by atoms with E-state index in [1.807, 2.05) is 25.1 Å². The first kappa shape index (κ1) is 19.7. The van der Waals surface area contributed by atoms with Crippen molar-refractivity contribution in [2.24, 2.45) is 0 Å². The van der Waals surface area contributed by atoms with E-state index in [-0.39, 0.29) is 11.6 Å². The van der Waals surface area contributed by atoms with Crippen molar-refractivity contribution in [3.63, 3.8) is 0 Å². The van der Waals surface area contributed by atoms with Gasteiger partial charge in [-0.3, -0.25) is 4.79 Å². The minimum atomic E-state index is -0.505. The van der Waals surface area contributed by atoms with Crippen LogP contribution in [0.2, 0.25) is 0 Å². The van der Waals surface area contributed by atoms with E-state index in [1.165, 1.54) is 6.20 Å². The third kappa shape index (κ3) is 5.16. The molecule has 7 nitrogen and oxygen atoms in total. The fraction of sp³-hybridized carbons (Fsp3) is 0.200. The second kappa shape index (κ2) is 9.15. The SMILES string of the molecule is COc1ccc(C(C)N/C=C(/C#N)C(=O)Nc2ccc(N)cc2)cc1OC. The molecule has 0 saturated carbocycles. The zero-order valence-corrected chi connectivity index (χ0v) is 15.4. The van der Waals surface area contributed by atoms with E-state index in [4.69, 9.17) is 15.2 Å². The average Bonchev–Trinajstić information content (AvgIpc) is 2.69. The molecule has 0 aliphatic rings. The van der Waals surface area contributed by atoms with Crippen LogP contribution in [0.4, 0.5) is 11.4 Å². The van der Waals surface area contributed by atoms with Crippen LogP contribution in [-0.2, 0) is 4.79 Å². The zero-order valence-electron chi connectivity index (χ0n) is 15.4. The molecule has 4 N–H and O–H groups in total. The van der Waals surface area contributed by atoms with E-state index >= 15 is 0 Å². The molecule has 2 rings (SSSR count). The number of nitrogens with zero attached hydrogens (tertiary/aromatic N) is 1. The first-order valence-corrected chi connectivity index (χ1v) is 8.23. The normalized spacial score (nSPS) is 11.9. The molecule has 0 aliphatic carbocycles. The quantitative estimate of drug-likeness (QED) is 0.395. The molecule has 140 valence electrons. The Morgan fingerprint density at radius 3 is 2.41 bits per heavy atom. The summed E-state index contributed by atoms with van der Waals surface area (Å²) in [5, 5.41) is 15.0. The second-order valence-corrected chi connectivity index (χ2v) is 5.75. The van der Waals surface area contributed by atoms with Gasteiger partial charge in [-0.1, -0.05) is 6.07 Å². The van der Waals surface area contributed by atoms with Crippen molar-refractivity contribution < 1.29 is 14.3 Å². The molecular weight excluding hydrogens is 344 g/mol. The first-order chi connectivity index (χ1) is 13.0. The first-order valence-electron chi connectivity index (χ1n) is 8.23. The molecule has 0 aromatic heterocycles. The minimum Gasteiger partial charge on any atom is -0.493 e. The number of benzene rings is 2. The molecule has 0 saturated heterocycles. The third-order valence-corrected chi connectivity index (χ3v) is 3.92. The molecule has 1 amide bonds. The Kier molecular flexibility index (Phi) is 6.67. The molecule has 27 heavy (non-hydrogen) atoms. The van der Waals surface area contributed by atoms with Crippen molar-refractivity contribution in [1.29, 1.82) is 5.26 Å². The molecular formula is C20H22N4O3. The van der Waals surface area contributed by atoms with Crippen LogP contribution in [0.15, 0.2) is 54.2 Å². The predicted molar refractivity (Wildman–Crippen MR) is 104 cm³/mol. The van der Waals surface area contributed by atoms with Crippen molar-refractivity contribution in [1.82, 2.24) is 5.32 Å². The van der Waals surface area contributed by atoms with Gasteiger partial charge in [0.2, 0.25) is 0 Å². The molecule has 2 aromatic rings. The van der Waals surface area contributed by atoms with Crippen molar-refractivity contribution >= 4 is 17.3 Å². The summed E-state index contributed by atoms with van der Waals surface area (Å²) >= 11 is 0. The number of hydrogen-bond acceptors (Lipinski definition) is 6. The molecule has 0 radical (unpaired) electrons. The minimum absolute atomic E-state index is 0.0425. The lowest BCUT2D eigenvalue weighted by atomic mass is 10.1. The molecule has 0 bridgehead atoms. The summed E-state index contributed by atoms with van der Waals surface area (Å²) in [6.45, 7) is 1.91. The Labute approximate surface area is 158 Å². The van der Waals surface area contributed by atoms with Crippen LogP contribution in [0.1, 0.15) is 18.5 Å². The smallest absolute Gasteiger partial charge is 0.267 e. The number of nitrogens with two attached hydrogens (primary N) is 1. The number of methoxy groups -OCH3 is 2. The number of anilines is 2. The van der Waals surface area contributed by atoms with Crippen molar-refractivity contribution in [3.05, 3.63) is 59.8 Å². The van der Waals surface area contributed by atoms with Crippen molar-refractivity contribution in [2.75, 3.05) is 25.3 Å². The Hall–Kier alpha value is -3.66. The van der Waals surface area contributed by atoms with Gasteiger partial charge in [0.1, 0.15) is 11.6 Å². The van der Waals surface area contributed by atoms with Gasteiger partial charge in [-0.2, -0.15) is 5.26 Å². The van der Waals surface area contributed by atoms with E-state index in [2.05, 4.69) is 10.6 Å². The van der Waals surface area contributed by atoms with Gasteiger partial charge in [0.15, 0.2) is 11.5 Å². The van der Waals surface area contributed by atoms with Crippen LogP contribution in [-0.4, -0.2) is 20.1 Å². The highest BCUT2D eigenvalue weighted by Crippen LogP contribution is 2.29. The maximum atomic E-state index is 12.3. The summed E-state index contributed by atoms with van der Waals surface area (Å²) in [6, 6.07) is 13.9. The van der Waals surface area contributed by atoms with Crippen LogP contribution < -0.4 is 25.8 Å². The van der Waals surface area contributed by atoms with Gasteiger partial charge < -0.3 is 25.8 Å². The Morgan fingerprint density at radius 1 is 1.15 bits per heavy atom. The standard InChI is InChI=1S/C20H22N4O3/c1-13(14-4-9-18(26-2)19(10-14)27-3)23-12-15(11-21)20(25)24-17-7-5-16(22)6-8-17/h4-10,12-13,23H,22H2,1-3H3,(H,24,25)/b15-12-. The van der Waals surface area contributed by atoms with Gasteiger partial charge in [-0.15, -0.1) is 0 Å². The maximum absolute atomic E-state index is 12.3. The average molecular weight is 366 g/mol. The number of nitriles is 1. The van der Waals surface area contributed by atoms with Crippen LogP contribution in [0, 0.1) is 11.3 Å². The Morgan fingerprint density at radius 2 is 1.81 bits per heavy atom.